The Morgan fingerprint density at radius 2 is 1.33 bits per heavy atom. The largest absolute Gasteiger partial charge is 0.312 e. The first-order chi connectivity index (χ1) is 17.4. The highest BCUT2D eigenvalue weighted by atomic mass is 32.2. The summed E-state index contributed by atoms with van der Waals surface area (Å²) in [5, 5.41) is 0. The van der Waals surface area contributed by atoms with Gasteiger partial charge in [-0.2, -0.15) is 8.42 Å². The third-order valence-corrected chi connectivity index (χ3v) is 7.88. The lowest BCUT2D eigenvalue weighted by Gasteiger charge is -2.34. The van der Waals surface area contributed by atoms with Crippen molar-refractivity contribution in [3.8, 4) is 0 Å². The molecule has 1 aliphatic heterocycles. The number of anilines is 2. The first-order valence-electron chi connectivity index (χ1n) is 10.9. The van der Waals surface area contributed by atoms with E-state index in [0.29, 0.717) is 17.0 Å². The quantitative estimate of drug-likeness (QED) is 0.267. The smallest absolute Gasteiger partial charge is 0.297 e. The second-order valence-electron chi connectivity index (χ2n) is 7.94. The number of fused-ring (bicyclic) bond motifs is 2. The van der Waals surface area contributed by atoms with E-state index in [1.54, 1.807) is 37.3 Å². The van der Waals surface area contributed by atoms with Gasteiger partial charge >= 0.3 is 0 Å². The molecule has 0 atom stereocenters. The van der Waals surface area contributed by atoms with E-state index in [2.05, 4.69) is 24.8 Å². The summed E-state index contributed by atoms with van der Waals surface area (Å²) in [6.45, 7) is 3.52. The topological polar surface area (TPSA) is 109 Å². The van der Waals surface area contributed by atoms with Crippen molar-refractivity contribution < 1.29 is 13.0 Å². The molecule has 180 valence electrons. The van der Waals surface area contributed by atoms with E-state index >= 15 is 0 Å². The first kappa shape index (κ1) is 23.9. The molecule has 0 fully saturated rings. The van der Waals surface area contributed by atoms with Gasteiger partial charge in [0, 0.05) is 45.8 Å². The lowest BCUT2D eigenvalue weighted by atomic mass is 9.99. The molecule has 0 radical (unpaired) electrons. The molecule has 0 unspecified atom stereocenters. The third-order valence-electron chi connectivity index (χ3n) is 5.72. The van der Waals surface area contributed by atoms with Gasteiger partial charge in [0.05, 0.1) is 29.5 Å². The second kappa shape index (κ2) is 9.65. The molecule has 4 aromatic rings. The summed E-state index contributed by atoms with van der Waals surface area (Å²) in [7, 11) is -4.68. The predicted octanol–water partition coefficient (Wildman–Crippen LogP) is 5.62. The van der Waals surface area contributed by atoms with Crippen LogP contribution in [0, 0.1) is 0 Å². The summed E-state index contributed by atoms with van der Waals surface area (Å²) in [5.74, 6) is 0. The van der Waals surface area contributed by atoms with Crippen LogP contribution >= 0.6 is 11.8 Å². The van der Waals surface area contributed by atoms with Crippen molar-refractivity contribution >= 4 is 43.7 Å². The Morgan fingerprint density at radius 1 is 0.806 bits per heavy atom. The molecule has 3 heterocycles. The maximum Gasteiger partial charge on any atom is 0.297 e. The van der Waals surface area contributed by atoms with E-state index in [0.717, 1.165) is 21.2 Å². The Hall–Kier alpha value is -3.86. The number of hydrogen-bond acceptors (Lipinski definition) is 8. The maximum absolute atomic E-state index is 12.7. The van der Waals surface area contributed by atoms with Crippen molar-refractivity contribution in [1.82, 2.24) is 19.9 Å². The molecule has 0 spiro atoms. The summed E-state index contributed by atoms with van der Waals surface area (Å²) < 4.78 is 35.6. The van der Waals surface area contributed by atoms with Crippen LogP contribution in [0.4, 0.5) is 11.4 Å². The summed E-state index contributed by atoms with van der Waals surface area (Å²) in [6, 6.07) is 16.0. The van der Waals surface area contributed by atoms with Crippen molar-refractivity contribution in [2.24, 2.45) is 0 Å². The Labute approximate surface area is 213 Å². The average molecular weight is 516 g/mol. The van der Waals surface area contributed by atoms with Gasteiger partial charge in [-0.3, -0.25) is 24.5 Å². The number of nitrogens with zero attached hydrogens (tertiary/aromatic N) is 5. The monoisotopic (exact) mass is 515 g/mol. The van der Waals surface area contributed by atoms with Crippen LogP contribution in [0.5, 0.6) is 0 Å². The van der Waals surface area contributed by atoms with Crippen LogP contribution < -0.4 is 4.90 Å². The van der Waals surface area contributed by atoms with E-state index in [9.17, 15) is 13.0 Å². The number of aromatic nitrogens is 4. The van der Waals surface area contributed by atoms with Crippen LogP contribution in [-0.4, -0.2) is 32.9 Å². The molecule has 10 heteroatoms. The van der Waals surface area contributed by atoms with Gasteiger partial charge in [-0.15, -0.1) is 0 Å². The highest BCUT2D eigenvalue weighted by Gasteiger charge is 2.30. The van der Waals surface area contributed by atoms with Crippen molar-refractivity contribution in [2.45, 2.75) is 23.6 Å². The van der Waals surface area contributed by atoms with Crippen molar-refractivity contribution in [1.29, 1.82) is 0 Å². The zero-order chi connectivity index (χ0) is 25.3. The maximum atomic E-state index is 12.7. The highest BCUT2D eigenvalue weighted by molar-refractivity contribution is 7.99. The van der Waals surface area contributed by atoms with E-state index in [-0.39, 0.29) is 16.2 Å². The lowest BCUT2D eigenvalue weighted by molar-refractivity contribution is 0.496. The minimum Gasteiger partial charge on any atom is -0.312 e. The fourth-order valence-electron chi connectivity index (χ4n) is 4.30. The van der Waals surface area contributed by atoms with Gasteiger partial charge in [0.2, 0.25) is 0 Å². The standard InChI is InChI=1S/C26H21N5O3S2/c1-17(26(36(32,33)34)20-16-28-12-14-30-20)25(19-15-27-11-13-29-19)18(2)31-21-7-3-5-9-23(21)35-24-10-6-4-8-22(24)31/h3-16H,1-2H3,(H,32,33,34). The predicted molar refractivity (Wildman–Crippen MR) is 140 cm³/mol. The molecule has 0 amide bonds. The molecular weight excluding hydrogens is 494 g/mol. The molecule has 1 N–H and O–H groups in total. The number of allylic oxidation sites excluding steroid dienone is 3. The van der Waals surface area contributed by atoms with Crippen LogP contribution in [0.1, 0.15) is 25.2 Å². The van der Waals surface area contributed by atoms with Crippen LogP contribution in [-0.2, 0) is 10.1 Å². The normalized spacial score (nSPS) is 14.4. The van der Waals surface area contributed by atoms with E-state index < -0.39 is 10.1 Å². The van der Waals surface area contributed by atoms with Gasteiger partial charge in [0.1, 0.15) is 10.6 Å². The molecule has 0 saturated heterocycles. The number of benzene rings is 2. The van der Waals surface area contributed by atoms with Gasteiger partial charge in [-0.05, 0) is 43.7 Å². The molecule has 1 aliphatic rings. The van der Waals surface area contributed by atoms with Gasteiger partial charge in [0.15, 0.2) is 0 Å². The fraction of sp³-hybridized carbons (Fsp3) is 0.0769. The van der Waals surface area contributed by atoms with Crippen LogP contribution in [0.2, 0.25) is 0 Å². The highest BCUT2D eigenvalue weighted by Crippen LogP contribution is 2.50. The van der Waals surface area contributed by atoms with Crippen LogP contribution in [0.3, 0.4) is 0 Å². The molecule has 5 rings (SSSR count). The van der Waals surface area contributed by atoms with Crippen LogP contribution in [0.15, 0.2) is 107 Å². The summed E-state index contributed by atoms with van der Waals surface area (Å²) >= 11 is 1.67. The molecular formula is C26H21N5O3S2. The SMILES string of the molecule is CC(C(=C(C)N1c2ccccc2Sc2ccccc21)c1cnccn1)=C(c1cnccn1)S(=O)(=O)O. The summed E-state index contributed by atoms with van der Waals surface area (Å²) in [4.78, 5) is 20.7. The molecule has 36 heavy (non-hydrogen) atoms. The summed E-state index contributed by atoms with van der Waals surface area (Å²) in [5.41, 5.74) is 3.84. The summed E-state index contributed by atoms with van der Waals surface area (Å²) in [6.07, 6.45) is 8.77. The van der Waals surface area contributed by atoms with E-state index in [1.807, 2.05) is 55.5 Å². The molecule has 0 saturated carbocycles. The Bertz CT molecular complexity index is 1560. The number of hydrogen-bond donors (Lipinski definition) is 1. The zero-order valence-corrected chi connectivity index (χ0v) is 21.0. The Balaban J connectivity index is 1.87. The minimum absolute atomic E-state index is 0.0293. The van der Waals surface area contributed by atoms with Gasteiger partial charge < -0.3 is 4.90 Å². The molecule has 0 aliphatic carbocycles. The molecule has 8 nitrogen and oxygen atoms in total. The van der Waals surface area contributed by atoms with Crippen molar-refractivity contribution in [3.05, 3.63) is 108 Å². The minimum atomic E-state index is -4.68. The van der Waals surface area contributed by atoms with Gasteiger partial charge in [-0.1, -0.05) is 36.0 Å². The Kier molecular flexibility index (Phi) is 6.40. The van der Waals surface area contributed by atoms with Gasteiger partial charge in [0.25, 0.3) is 10.1 Å². The number of para-hydroxylation sites is 2. The Morgan fingerprint density at radius 3 is 1.83 bits per heavy atom. The second-order valence-corrected chi connectivity index (χ2v) is 10.4. The number of rotatable bonds is 5. The first-order valence-corrected chi connectivity index (χ1v) is 13.2. The third kappa shape index (κ3) is 4.41. The fourth-order valence-corrected chi connectivity index (χ4v) is 6.22. The van der Waals surface area contributed by atoms with Crippen LogP contribution in [0.25, 0.3) is 10.5 Å². The average Bonchev–Trinajstić information content (AvgIpc) is 2.88. The van der Waals surface area contributed by atoms with E-state index in [4.69, 9.17) is 0 Å². The molecule has 2 aromatic carbocycles. The van der Waals surface area contributed by atoms with Gasteiger partial charge in [-0.25, -0.2) is 0 Å². The van der Waals surface area contributed by atoms with Crippen molar-refractivity contribution in [3.63, 3.8) is 0 Å². The van der Waals surface area contributed by atoms with E-state index in [1.165, 1.54) is 18.6 Å². The van der Waals surface area contributed by atoms with Crippen molar-refractivity contribution in [2.75, 3.05) is 4.90 Å². The zero-order valence-electron chi connectivity index (χ0n) is 19.4. The molecule has 0 bridgehead atoms. The lowest BCUT2D eigenvalue weighted by Crippen LogP contribution is -2.21. The molecule has 2 aromatic heterocycles.